The summed E-state index contributed by atoms with van der Waals surface area (Å²) in [5.74, 6) is 1.43. The molecule has 3 N–H and O–H groups in total. The van der Waals surface area contributed by atoms with Gasteiger partial charge in [-0.2, -0.15) is 10.2 Å². The molecule has 1 aliphatic heterocycles. The number of nitrogen functional groups attached to an aromatic ring is 1. The normalized spacial score (nSPS) is 24.3. The molecule has 1 fully saturated rings. The number of nitrogens with zero attached hydrogens (tertiary/aromatic N) is 4. The van der Waals surface area contributed by atoms with Crippen molar-refractivity contribution in [1.29, 1.82) is 5.26 Å². The molecule has 1 spiro atoms. The highest BCUT2D eigenvalue weighted by Gasteiger charge is 2.48. The van der Waals surface area contributed by atoms with Crippen molar-refractivity contribution in [2.45, 2.75) is 75.9 Å². The number of fused-ring (bicyclic) bond motifs is 4. The van der Waals surface area contributed by atoms with Crippen molar-refractivity contribution >= 4 is 16.3 Å². The van der Waals surface area contributed by atoms with Crippen molar-refractivity contribution in [3.05, 3.63) is 43.7 Å². The smallest absolute Gasteiger partial charge is 0.255 e. The van der Waals surface area contributed by atoms with Crippen LogP contribution in [0.4, 0.5) is 5.00 Å². The average Bonchev–Trinajstić information content (AvgIpc) is 3.56. The van der Waals surface area contributed by atoms with Gasteiger partial charge in [0.25, 0.3) is 5.56 Å². The van der Waals surface area contributed by atoms with E-state index in [1.807, 2.05) is 6.92 Å². The minimum Gasteiger partial charge on any atom is -0.473 e. The van der Waals surface area contributed by atoms with E-state index in [0.29, 0.717) is 34.0 Å². The van der Waals surface area contributed by atoms with Gasteiger partial charge in [-0.05, 0) is 77.4 Å². The molecule has 1 saturated heterocycles. The number of nitrogens with two attached hydrogens (primary N) is 1. The number of aromatic nitrogens is 3. The van der Waals surface area contributed by atoms with E-state index >= 15 is 0 Å². The van der Waals surface area contributed by atoms with E-state index in [9.17, 15) is 10.1 Å². The van der Waals surface area contributed by atoms with Gasteiger partial charge in [0, 0.05) is 16.5 Å². The summed E-state index contributed by atoms with van der Waals surface area (Å²) in [6.45, 7) is 3.07. The summed E-state index contributed by atoms with van der Waals surface area (Å²) in [6, 6.07) is 4.03. The van der Waals surface area contributed by atoms with Crippen LogP contribution in [0.3, 0.4) is 0 Å². The third kappa shape index (κ3) is 3.56. The Bertz CT molecular complexity index is 1410. The number of anilines is 1. The number of aryl methyl sites for hydroxylation is 1. The maximum atomic E-state index is 12.6. The van der Waals surface area contributed by atoms with Crippen LogP contribution in [0.25, 0.3) is 11.5 Å². The van der Waals surface area contributed by atoms with Gasteiger partial charge in [-0.3, -0.25) is 9.69 Å². The summed E-state index contributed by atoms with van der Waals surface area (Å²) >= 11 is 1.52. The highest BCUT2D eigenvalue weighted by Crippen LogP contribution is 2.55. The molecule has 0 radical (unpaired) electrons. The zero-order valence-electron chi connectivity index (χ0n) is 20.6. The van der Waals surface area contributed by atoms with E-state index in [1.54, 1.807) is 0 Å². The number of rotatable bonds is 4. The van der Waals surface area contributed by atoms with Crippen molar-refractivity contribution in [3.8, 4) is 23.5 Å². The molecule has 3 aromatic heterocycles. The molecule has 9 nitrogen and oxygen atoms in total. The number of likely N-dealkylation sites (N-methyl/N-ethyl adjacent to an activating group) is 1. The first kappa shape index (κ1) is 23.3. The Morgan fingerprint density at radius 3 is 2.92 bits per heavy atom. The molecule has 2 aliphatic carbocycles. The summed E-state index contributed by atoms with van der Waals surface area (Å²) < 4.78 is 12.2. The lowest BCUT2D eigenvalue weighted by Crippen LogP contribution is -2.38. The van der Waals surface area contributed by atoms with Gasteiger partial charge in [-0.25, -0.2) is 0 Å². The average molecular weight is 507 g/mol. The van der Waals surface area contributed by atoms with Crippen LogP contribution < -0.4 is 16.0 Å². The van der Waals surface area contributed by atoms with Crippen LogP contribution >= 0.6 is 11.3 Å². The number of nitrogens with one attached hydrogen (secondary N) is 1. The third-order valence-electron chi connectivity index (χ3n) is 8.23. The van der Waals surface area contributed by atoms with Gasteiger partial charge >= 0.3 is 0 Å². The second-order valence-electron chi connectivity index (χ2n) is 10.3. The van der Waals surface area contributed by atoms with E-state index in [1.165, 1.54) is 22.3 Å². The lowest BCUT2D eigenvalue weighted by Gasteiger charge is -2.39. The molecule has 0 unspecified atom stereocenters. The van der Waals surface area contributed by atoms with E-state index in [4.69, 9.17) is 15.0 Å². The van der Waals surface area contributed by atoms with Gasteiger partial charge in [0.05, 0.1) is 17.0 Å². The van der Waals surface area contributed by atoms with Crippen LogP contribution in [0.5, 0.6) is 5.88 Å². The molecule has 6 rings (SSSR count). The number of thiophene rings is 1. The molecular weight excluding hydrogens is 476 g/mol. The van der Waals surface area contributed by atoms with Crippen molar-refractivity contribution in [1.82, 2.24) is 20.0 Å². The molecule has 0 saturated carbocycles. The summed E-state index contributed by atoms with van der Waals surface area (Å²) in [4.78, 5) is 23.5. The SMILES string of the molecule is C[C@H](Oc1cc(=O)[nH]c(-c2noc3c2CCC[C@@]32CCCc3sc(N)c(C#N)c32)n1)[C@@H]1CCCN1C. The molecule has 0 amide bonds. The van der Waals surface area contributed by atoms with Crippen LogP contribution in [0.15, 0.2) is 15.4 Å². The van der Waals surface area contributed by atoms with Gasteiger partial charge in [0.1, 0.15) is 17.2 Å². The fourth-order valence-electron chi connectivity index (χ4n) is 6.63. The fourth-order valence-corrected chi connectivity index (χ4v) is 7.79. The first-order valence-corrected chi connectivity index (χ1v) is 13.5. The monoisotopic (exact) mass is 506 g/mol. The zero-order chi connectivity index (χ0) is 25.0. The quantitative estimate of drug-likeness (QED) is 0.546. The first-order chi connectivity index (χ1) is 17.4. The highest BCUT2D eigenvalue weighted by atomic mass is 32.1. The summed E-state index contributed by atoms with van der Waals surface area (Å²) in [5.41, 5.74) is 8.64. The van der Waals surface area contributed by atoms with Crippen LogP contribution in [0.2, 0.25) is 0 Å². The van der Waals surface area contributed by atoms with Gasteiger partial charge in [0.2, 0.25) is 5.88 Å². The van der Waals surface area contributed by atoms with Crippen molar-refractivity contribution in [2.75, 3.05) is 19.3 Å². The Morgan fingerprint density at radius 1 is 1.36 bits per heavy atom. The summed E-state index contributed by atoms with van der Waals surface area (Å²) in [6.07, 6.45) is 7.48. The Morgan fingerprint density at radius 2 is 2.17 bits per heavy atom. The number of hydrogen-bond donors (Lipinski definition) is 2. The van der Waals surface area contributed by atoms with Gasteiger partial charge in [-0.15, -0.1) is 11.3 Å². The Kier molecular flexibility index (Phi) is 5.65. The maximum absolute atomic E-state index is 12.6. The molecule has 10 heteroatoms. The lowest BCUT2D eigenvalue weighted by molar-refractivity contribution is 0.117. The molecule has 3 aromatic rings. The minimum atomic E-state index is -0.415. The standard InChI is InChI=1S/C26H30N6O3S/c1-14(17-7-5-11-32(17)2)34-20-12-19(33)29-25(30-20)22-15-6-3-9-26(23(15)35-31-22)10-4-8-18-21(26)16(13-27)24(28)36-18/h12,14,17H,3-11,28H2,1-2H3,(H,29,30,33)/t14-,17-,26-/m0/s1. The topological polar surface area (TPSA) is 134 Å². The second kappa shape index (κ2) is 8.75. The van der Waals surface area contributed by atoms with Crippen LogP contribution in [0, 0.1) is 11.3 Å². The predicted octanol–water partition coefficient (Wildman–Crippen LogP) is 3.76. The number of hydrogen-bond acceptors (Lipinski definition) is 9. The van der Waals surface area contributed by atoms with Crippen LogP contribution in [0.1, 0.15) is 72.8 Å². The van der Waals surface area contributed by atoms with Crippen molar-refractivity contribution < 1.29 is 9.26 Å². The van der Waals surface area contributed by atoms with Gasteiger partial charge in [-0.1, -0.05) is 5.16 Å². The second-order valence-corrected chi connectivity index (χ2v) is 11.5. The molecule has 3 atom stereocenters. The maximum Gasteiger partial charge on any atom is 0.255 e. The predicted molar refractivity (Wildman–Crippen MR) is 136 cm³/mol. The molecule has 4 heterocycles. The highest BCUT2D eigenvalue weighted by molar-refractivity contribution is 7.16. The Hall–Kier alpha value is -3.16. The van der Waals surface area contributed by atoms with Crippen LogP contribution in [-0.2, 0) is 18.3 Å². The molecule has 36 heavy (non-hydrogen) atoms. The zero-order valence-corrected chi connectivity index (χ0v) is 21.4. The Labute approximate surface area is 213 Å². The van der Waals surface area contributed by atoms with Crippen molar-refractivity contribution in [3.63, 3.8) is 0 Å². The summed E-state index contributed by atoms with van der Waals surface area (Å²) in [5, 5.41) is 14.9. The molecular formula is C26H30N6O3S. The number of likely N-dealkylation sites (tertiary alicyclic amines) is 1. The van der Waals surface area contributed by atoms with Gasteiger partial charge in [0.15, 0.2) is 17.3 Å². The van der Waals surface area contributed by atoms with E-state index in [0.717, 1.165) is 74.8 Å². The summed E-state index contributed by atoms with van der Waals surface area (Å²) in [7, 11) is 2.10. The molecule has 0 bridgehead atoms. The number of H-pyrrole nitrogens is 1. The van der Waals surface area contributed by atoms with Crippen molar-refractivity contribution in [2.24, 2.45) is 0 Å². The van der Waals surface area contributed by atoms with E-state index in [2.05, 4.69) is 33.1 Å². The van der Waals surface area contributed by atoms with E-state index < -0.39 is 5.41 Å². The number of ether oxygens (including phenoxy) is 1. The largest absolute Gasteiger partial charge is 0.473 e. The van der Waals surface area contributed by atoms with Crippen LogP contribution in [-0.4, -0.2) is 45.8 Å². The van der Waals surface area contributed by atoms with Gasteiger partial charge < -0.3 is 20.0 Å². The molecule has 0 aromatic carbocycles. The lowest BCUT2D eigenvalue weighted by atomic mass is 9.63. The minimum absolute atomic E-state index is 0.0942. The Balaban J connectivity index is 1.40. The number of nitriles is 1. The number of aromatic amines is 1. The first-order valence-electron chi connectivity index (χ1n) is 12.7. The van der Waals surface area contributed by atoms with E-state index in [-0.39, 0.29) is 11.7 Å². The molecule has 3 aliphatic rings. The fraction of sp³-hybridized carbons (Fsp3) is 0.538. The third-order valence-corrected chi connectivity index (χ3v) is 9.31. The molecule has 188 valence electrons.